The quantitative estimate of drug-likeness (QED) is 0.695. The van der Waals surface area contributed by atoms with Gasteiger partial charge in [0.2, 0.25) is 0 Å². The number of benzene rings is 1. The molecule has 0 aliphatic carbocycles. The molecule has 9 heteroatoms. The summed E-state index contributed by atoms with van der Waals surface area (Å²) in [7, 11) is 0. The van der Waals surface area contributed by atoms with Crippen LogP contribution in [0.25, 0.3) is 0 Å². The molecule has 1 aliphatic rings. The van der Waals surface area contributed by atoms with Crippen LogP contribution in [0.5, 0.6) is 0 Å². The first-order chi connectivity index (χ1) is 13.7. The third kappa shape index (κ3) is 3.93. The third-order valence-corrected chi connectivity index (χ3v) is 4.75. The number of rotatable bonds is 6. The van der Waals surface area contributed by atoms with Gasteiger partial charge in [0.1, 0.15) is 6.26 Å². The Morgan fingerprint density at radius 3 is 2.86 bits per heavy atom. The van der Waals surface area contributed by atoms with E-state index in [0.717, 1.165) is 18.4 Å². The minimum absolute atomic E-state index is 0.0221. The summed E-state index contributed by atoms with van der Waals surface area (Å²) in [5, 5.41) is 10.8. The Morgan fingerprint density at radius 1 is 1.21 bits per heavy atom. The Balaban J connectivity index is 1.36. The maximum Gasteiger partial charge on any atom is 0.276 e. The fourth-order valence-electron chi connectivity index (χ4n) is 3.33. The van der Waals surface area contributed by atoms with Crippen LogP contribution in [0.15, 0.2) is 53.6 Å². The highest BCUT2D eigenvalue weighted by atomic mass is 16.3. The molecule has 1 saturated heterocycles. The van der Waals surface area contributed by atoms with Crippen LogP contribution in [0.4, 0.5) is 0 Å². The standard InChI is InChI=1S/C19H20N6O3/c26-18(20-9-14-5-2-1-3-6-14)16-11-24(23-22-16)10-15-7-4-8-25(15)19(27)17-12-28-13-21-17/h1-3,5-6,11-13,15H,4,7-10H2,(H,20,26)/t15-/m0/s1. The number of carbonyl (C=O) groups is 2. The first-order valence-electron chi connectivity index (χ1n) is 9.12. The molecule has 28 heavy (non-hydrogen) atoms. The molecule has 0 spiro atoms. The van der Waals surface area contributed by atoms with Crippen molar-refractivity contribution in [2.45, 2.75) is 32.0 Å². The lowest BCUT2D eigenvalue weighted by Gasteiger charge is -2.23. The Bertz CT molecular complexity index is 938. The monoisotopic (exact) mass is 380 g/mol. The van der Waals surface area contributed by atoms with E-state index in [1.165, 1.54) is 12.7 Å². The van der Waals surface area contributed by atoms with Gasteiger partial charge in [0.15, 0.2) is 17.8 Å². The van der Waals surface area contributed by atoms with Gasteiger partial charge in [-0.15, -0.1) is 5.10 Å². The molecule has 144 valence electrons. The normalized spacial score (nSPS) is 16.3. The molecule has 2 aromatic heterocycles. The van der Waals surface area contributed by atoms with E-state index in [-0.39, 0.29) is 23.6 Å². The molecule has 0 saturated carbocycles. The summed E-state index contributed by atoms with van der Waals surface area (Å²) in [4.78, 5) is 30.5. The molecule has 1 fully saturated rings. The van der Waals surface area contributed by atoms with E-state index < -0.39 is 0 Å². The highest BCUT2D eigenvalue weighted by Gasteiger charge is 2.31. The summed E-state index contributed by atoms with van der Waals surface area (Å²) >= 11 is 0. The maximum atomic E-state index is 12.5. The molecule has 9 nitrogen and oxygen atoms in total. The molecular weight excluding hydrogens is 360 g/mol. The van der Waals surface area contributed by atoms with Gasteiger partial charge in [-0.2, -0.15) is 0 Å². The van der Waals surface area contributed by atoms with Gasteiger partial charge < -0.3 is 14.6 Å². The Kier molecular flexibility index (Phi) is 5.14. The van der Waals surface area contributed by atoms with Crippen molar-refractivity contribution in [2.75, 3.05) is 6.54 Å². The lowest BCUT2D eigenvalue weighted by Crippen LogP contribution is -2.38. The summed E-state index contributed by atoms with van der Waals surface area (Å²) in [6.07, 6.45) is 5.97. The zero-order valence-electron chi connectivity index (χ0n) is 15.2. The second-order valence-corrected chi connectivity index (χ2v) is 6.66. The SMILES string of the molecule is O=C(NCc1ccccc1)c1cn(C[C@@H]2CCCN2C(=O)c2cocn2)nn1. The number of aromatic nitrogens is 4. The smallest absolute Gasteiger partial charge is 0.276 e. The molecule has 1 aromatic carbocycles. The van der Waals surface area contributed by atoms with Crippen LogP contribution in [0, 0.1) is 0 Å². The zero-order valence-corrected chi connectivity index (χ0v) is 15.2. The van der Waals surface area contributed by atoms with Gasteiger partial charge in [0.25, 0.3) is 11.8 Å². The third-order valence-electron chi connectivity index (χ3n) is 4.75. The Labute approximate surface area is 161 Å². The van der Waals surface area contributed by atoms with Crippen molar-refractivity contribution >= 4 is 11.8 Å². The van der Waals surface area contributed by atoms with Crippen LogP contribution in [0.1, 0.15) is 39.4 Å². The molecule has 4 rings (SSSR count). The van der Waals surface area contributed by atoms with Crippen molar-refractivity contribution in [3.8, 4) is 0 Å². The average Bonchev–Trinajstić information content (AvgIpc) is 3.48. The molecule has 1 atom stereocenters. The number of carbonyl (C=O) groups excluding carboxylic acids is 2. The first-order valence-corrected chi connectivity index (χ1v) is 9.12. The fraction of sp³-hybridized carbons (Fsp3) is 0.316. The summed E-state index contributed by atoms with van der Waals surface area (Å²) in [6, 6.07) is 9.63. The largest absolute Gasteiger partial charge is 0.451 e. The van der Waals surface area contributed by atoms with Gasteiger partial charge >= 0.3 is 0 Å². The van der Waals surface area contributed by atoms with Crippen molar-refractivity contribution in [3.05, 3.63) is 66.1 Å². The minimum atomic E-state index is -0.281. The number of hydrogen-bond acceptors (Lipinski definition) is 6. The van der Waals surface area contributed by atoms with Crippen molar-refractivity contribution in [1.29, 1.82) is 0 Å². The van der Waals surface area contributed by atoms with E-state index in [9.17, 15) is 9.59 Å². The van der Waals surface area contributed by atoms with Crippen LogP contribution in [-0.4, -0.2) is 49.3 Å². The van der Waals surface area contributed by atoms with E-state index in [1.807, 2.05) is 30.3 Å². The van der Waals surface area contributed by atoms with Crippen LogP contribution in [0.2, 0.25) is 0 Å². The Hall–Kier alpha value is -3.49. The summed E-state index contributed by atoms with van der Waals surface area (Å²) in [5.41, 5.74) is 1.56. The van der Waals surface area contributed by atoms with Crippen LogP contribution in [-0.2, 0) is 13.1 Å². The molecule has 0 radical (unpaired) electrons. The number of amides is 2. The predicted octanol–water partition coefficient (Wildman–Crippen LogP) is 1.50. The van der Waals surface area contributed by atoms with Gasteiger partial charge in [0, 0.05) is 13.1 Å². The lowest BCUT2D eigenvalue weighted by atomic mass is 10.2. The van der Waals surface area contributed by atoms with E-state index in [2.05, 4.69) is 20.6 Å². The van der Waals surface area contributed by atoms with Gasteiger partial charge in [0.05, 0.1) is 18.8 Å². The first kappa shape index (κ1) is 17.9. The molecule has 3 heterocycles. The molecule has 0 bridgehead atoms. The highest BCUT2D eigenvalue weighted by Crippen LogP contribution is 2.21. The number of oxazole rings is 1. The molecule has 0 unspecified atom stereocenters. The number of hydrogen-bond donors (Lipinski definition) is 1. The molecule has 1 aliphatic heterocycles. The number of likely N-dealkylation sites (tertiary alicyclic amines) is 1. The predicted molar refractivity (Wildman–Crippen MR) is 98.2 cm³/mol. The summed E-state index contributed by atoms with van der Waals surface area (Å²) < 4.78 is 6.51. The van der Waals surface area contributed by atoms with Gasteiger partial charge in [-0.05, 0) is 18.4 Å². The van der Waals surface area contributed by atoms with Crippen LogP contribution < -0.4 is 5.32 Å². The second-order valence-electron chi connectivity index (χ2n) is 6.66. The number of nitrogens with one attached hydrogen (secondary N) is 1. The van der Waals surface area contributed by atoms with Crippen LogP contribution >= 0.6 is 0 Å². The van der Waals surface area contributed by atoms with Crippen LogP contribution in [0.3, 0.4) is 0 Å². The topological polar surface area (TPSA) is 106 Å². The van der Waals surface area contributed by atoms with Gasteiger partial charge in [-0.1, -0.05) is 35.5 Å². The van der Waals surface area contributed by atoms with Crippen molar-refractivity contribution in [3.63, 3.8) is 0 Å². The van der Waals surface area contributed by atoms with E-state index in [0.29, 0.717) is 25.3 Å². The highest BCUT2D eigenvalue weighted by molar-refractivity contribution is 5.92. The van der Waals surface area contributed by atoms with Gasteiger partial charge in [-0.3, -0.25) is 9.59 Å². The summed E-state index contributed by atoms with van der Waals surface area (Å²) in [5.74, 6) is -0.436. The van der Waals surface area contributed by atoms with Crippen molar-refractivity contribution in [2.24, 2.45) is 0 Å². The van der Waals surface area contributed by atoms with Crippen molar-refractivity contribution in [1.82, 2.24) is 30.2 Å². The number of nitrogens with zero attached hydrogens (tertiary/aromatic N) is 5. The van der Waals surface area contributed by atoms with Crippen molar-refractivity contribution < 1.29 is 14.0 Å². The molecule has 1 N–H and O–H groups in total. The van der Waals surface area contributed by atoms with Gasteiger partial charge in [-0.25, -0.2) is 9.67 Å². The molecule has 3 aromatic rings. The molecule has 2 amide bonds. The zero-order chi connectivity index (χ0) is 19.3. The maximum absolute atomic E-state index is 12.5. The second kappa shape index (κ2) is 8.03. The molecular formula is C19H20N6O3. The summed E-state index contributed by atoms with van der Waals surface area (Å²) in [6.45, 7) is 1.56. The Morgan fingerprint density at radius 2 is 2.07 bits per heavy atom. The lowest BCUT2D eigenvalue weighted by molar-refractivity contribution is 0.0714. The van der Waals surface area contributed by atoms with E-state index >= 15 is 0 Å². The minimum Gasteiger partial charge on any atom is -0.451 e. The van der Waals surface area contributed by atoms with E-state index in [1.54, 1.807) is 15.8 Å². The fourth-order valence-corrected chi connectivity index (χ4v) is 3.33. The average molecular weight is 380 g/mol. The van der Waals surface area contributed by atoms with E-state index in [4.69, 9.17) is 4.42 Å².